The Morgan fingerprint density at radius 1 is 1.36 bits per heavy atom. The zero-order chi connectivity index (χ0) is 19.7. The van der Waals surface area contributed by atoms with Crippen molar-refractivity contribution in [2.75, 3.05) is 33.4 Å². The second-order valence-corrected chi connectivity index (χ2v) is 7.62. The number of aromatic nitrogens is 1. The molecule has 28 heavy (non-hydrogen) atoms. The van der Waals surface area contributed by atoms with Gasteiger partial charge in [-0.05, 0) is 30.7 Å². The number of nitrogens with zero attached hydrogens (tertiary/aromatic N) is 3. The predicted octanol–water partition coefficient (Wildman–Crippen LogP) is 2.37. The van der Waals surface area contributed by atoms with Gasteiger partial charge in [0.15, 0.2) is 5.76 Å². The van der Waals surface area contributed by atoms with E-state index in [1.54, 1.807) is 16.9 Å². The zero-order valence-corrected chi connectivity index (χ0v) is 16.4. The number of methoxy groups -OCH3 is 1. The van der Waals surface area contributed by atoms with Crippen LogP contribution in [0.5, 0.6) is 0 Å². The first-order valence-electron chi connectivity index (χ1n) is 9.35. The standard InChI is InChI=1S/C20H22ClN3O4/c1-27-9-8-23-11-14(10-18(23)25)20(26)24-7-6-16-17(12-24)22-28-19(16)13-2-4-15(21)5-3-13/h2-5,14H,6-12H2,1H3. The minimum absolute atomic E-state index is 0.00922. The van der Waals surface area contributed by atoms with Gasteiger partial charge in [-0.2, -0.15) is 0 Å². The van der Waals surface area contributed by atoms with Crippen LogP contribution in [0.3, 0.4) is 0 Å². The molecule has 0 aliphatic carbocycles. The second-order valence-electron chi connectivity index (χ2n) is 7.19. The summed E-state index contributed by atoms with van der Waals surface area (Å²) < 4.78 is 10.6. The third-order valence-corrected chi connectivity index (χ3v) is 5.64. The number of amides is 2. The second kappa shape index (κ2) is 7.93. The number of hydrogen-bond acceptors (Lipinski definition) is 5. The van der Waals surface area contributed by atoms with E-state index in [4.69, 9.17) is 20.9 Å². The van der Waals surface area contributed by atoms with Crippen molar-refractivity contribution in [3.8, 4) is 11.3 Å². The molecule has 1 saturated heterocycles. The van der Waals surface area contributed by atoms with Gasteiger partial charge in [0, 0.05) is 49.3 Å². The monoisotopic (exact) mass is 403 g/mol. The summed E-state index contributed by atoms with van der Waals surface area (Å²) in [6.45, 7) is 2.47. The van der Waals surface area contributed by atoms with Crippen LogP contribution in [0.25, 0.3) is 11.3 Å². The van der Waals surface area contributed by atoms with Crippen LogP contribution in [0.15, 0.2) is 28.8 Å². The lowest BCUT2D eigenvalue weighted by molar-refractivity contribution is -0.136. The molecule has 0 radical (unpaired) electrons. The van der Waals surface area contributed by atoms with E-state index in [-0.39, 0.29) is 24.2 Å². The lowest BCUT2D eigenvalue weighted by atomic mass is 9.99. The maximum atomic E-state index is 12.9. The first-order chi connectivity index (χ1) is 13.6. The number of fused-ring (bicyclic) bond motifs is 1. The lowest BCUT2D eigenvalue weighted by Gasteiger charge is -2.28. The highest BCUT2D eigenvalue weighted by Crippen LogP contribution is 2.32. The quantitative estimate of drug-likeness (QED) is 0.766. The molecule has 7 nitrogen and oxygen atoms in total. The summed E-state index contributed by atoms with van der Waals surface area (Å²) in [6, 6.07) is 7.44. The van der Waals surface area contributed by atoms with Crippen LogP contribution in [-0.2, 0) is 27.3 Å². The molecule has 0 N–H and O–H groups in total. The van der Waals surface area contributed by atoms with Gasteiger partial charge >= 0.3 is 0 Å². The summed E-state index contributed by atoms with van der Waals surface area (Å²) in [7, 11) is 1.60. The molecule has 2 aromatic rings. The normalized spacial score (nSPS) is 19.2. The average Bonchev–Trinajstić information content (AvgIpc) is 3.29. The molecule has 1 unspecified atom stereocenters. The maximum absolute atomic E-state index is 12.9. The smallest absolute Gasteiger partial charge is 0.228 e. The molecule has 0 spiro atoms. The third kappa shape index (κ3) is 3.64. The van der Waals surface area contributed by atoms with E-state index in [0.29, 0.717) is 44.2 Å². The van der Waals surface area contributed by atoms with Crippen molar-refractivity contribution in [3.05, 3.63) is 40.5 Å². The average molecular weight is 404 g/mol. The Morgan fingerprint density at radius 2 is 2.14 bits per heavy atom. The van der Waals surface area contributed by atoms with Gasteiger partial charge < -0.3 is 19.1 Å². The summed E-state index contributed by atoms with van der Waals surface area (Å²) >= 11 is 5.96. The molecule has 2 aliphatic rings. The van der Waals surface area contributed by atoms with E-state index in [9.17, 15) is 9.59 Å². The summed E-state index contributed by atoms with van der Waals surface area (Å²) in [5.74, 6) is 0.462. The molecule has 1 fully saturated rings. The van der Waals surface area contributed by atoms with Crippen LogP contribution in [0.4, 0.5) is 0 Å². The molecule has 0 saturated carbocycles. The molecule has 4 rings (SSSR count). The fraction of sp³-hybridized carbons (Fsp3) is 0.450. The van der Waals surface area contributed by atoms with Gasteiger partial charge in [-0.25, -0.2) is 0 Å². The number of benzene rings is 1. The van der Waals surface area contributed by atoms with Gasteiger partial charge in [0.1, 0.15) is 5.69 Å². The van der Waals surface area contributed by atoms with Crippen molar-refractivity contribution in [2.45, 2.75) is 19.4 Å². The summed E-state index contributed by atoms with van der Waals surface area (Å²) in [4.78, 5) is 28.5. The molecule has 3 heterocycles. The fourth-order valence-corrected chi connectivity index (χ4v) is 3.99. The minimum atomic E-state index is -0.298. The van der Waals surface area contributed by atoms with Crippen LogP contribution < -0.4 is 0 Å². The topological polar surface area (TPSA) is 75.9 Å². The highest BCUT2D eigenvalue weighted by molar-refractivity contribution is 6.30. The van der Waals surface area contributed by atoms with Crippen molar-refractivity contribution in [2.24, 2.45) is 5.92 Å². The molecule has 2 aliphatic heterocycles. The number of carbonyl (C=O) groups excluding carboxylic acids is 2. The Kier molecular flexibility index (Phi) is 5.37. The Bertz CT molecular complexity index is 880. The van der Waals surface area contributed by atoms with Gasteiger partial charge in [0.2, 0.25) is 11.8 Å². The molecule has 0 bridgehead atoms. The summed E-state index contributed by atoms with van der Waals surface area (Å²) in [5.41, 5.74) is 2.74. The van der Waals surface area contributed by atoms with E-state index < -0.39 is 0 Å². The number of halogens is 1. The summed E-state index contributed by atoms with van der Waals surface area (Å²) in [6.07, 6.45) is 0.942. The maximum Gasteiger partial charge on any atom is 0.228 e. The lowest BCUT2D eigenvalue weighted by Crippen LogP contribution is -2.40. The van der Waals surface area contributed by atoms with Crippen LogP contribution >= 0.6 is 11.6 Å². The van der Waals surface area contributed by atoms with Gasteiger partial charge in [-0.15, -0.1) is 0 Å². The number of carbonyl (C=O) groups is 2. The highest BCUT2D eigenvalue weighted by Gasteiger charge is 2.38. The van der Waals surface area contributed by atoms with Crippen molar-refractivity contribution in [1.29, 1.82) is 0 Å². The predicted molar refractivity (Wildman–Crippen MR) is 103 cm³/mol. The molecule has 1 aromatic carbocycles. The molecular formula is C20H22ClN3O4. The highest BCUT2D eigenvalue weighted by atomic mass is 35.5. The van der Waals surface area contributed by atoms with Crippen molar-refractivity contribution >= 4 is 23.4 Å². The Labute approximate surface area is 168 Å². The summed E-state index contributed by atoms with van der Waals surface area (Å²) in [5, 5.41) is 4.86. The van der Waals surface area contributed by atoms with Gasteiger partial charge in [-0.3, -0.25) is 9.59 Å². The minimum Gasteiger partial charge on any atom is -0.383 e. The van der Waals surface area contributed by atoms with E-state index in [1.165, 1.54) is 0 Å². The Hall–Kier alpha value is -2.38. The van der Waals surface area contributed by atoms with Crippen molar-refractivity contribution < 1.29 is 18.8 Å². The number of hydrogen-bond donors (Lipinski definition) is 0. The van der Waals surface area contributed by atoms with E-state index in [1.807, 2.05) is 24.3 Å². The first kappa shape index (κ1) is 19.0. The van der Waals surface area contributed by atoms with E-state index >= 15 is 0 Å². The number of likely N-dealkylation sites (tertiary alicyclic amines) is 1. The van der Waals surface area contributed by atoms with E-state index in [2.05, 4.69) is 5.16 Å². The molecule has 8 heteroatoms. The SMILES string of the molecule is COCCN1CC(C(=O)N2CCc3c(noc3-c3ccc(Cl)cc3)C2)CC1=O. The van der Waals surface area contributed by atoms with Gasteiger partial charge in [-0.1, -0.05) is 16.8 Å². The van der Waals surface area contributed by atoms with Gasteiger partial charge in [0.05, 0.1) is 19.1 Å². The van der Waals surface area contributed by atoms with Gasteiger partial charge in [0.25, 0.3) is 0 Å². The third-order valence-electron chi connectivity index (χ3n) is 5.39. The molecule has 2 amide bonds. The van der Waals surface area contributed by atoms with Crippen molar-refractivity contribution in [1.82, 2.24) is 15.0 Å². The zero-order valence-electron chi connectivity index (χ0n) is 15.7. The number of rotatable bonds is 5. The van der Waals surface area contributed by atoms with Crippen LogP contribution in [-0.4, -0.2) is 60.1 Å². The molecule has 1 aromatic heterocycles. The van der Waals surface area contributed by atoms with Crippen molar-refractivity contribution in [3.63, 3.8) is 0 Å². The Balaban J connectivity index is 1.44. The van der Waals surface area contributed by atoms with Crippen LogP contribution in [0.1, 0.15) is 17.7 Å². The first-order valence-corrected chi connectivity index (χ1v) is 9.73. The molecule has 148 valence electrons. The fourth-order valence-electron chi connectivity index (χ4n) is 3.86. The molecule has 1 atom stereocenters. The van der Waals surface area contributed by atoms with Crippen LogP contribution in [0.2, 0.25) is 5.02 Å². The Morgan fingerprint density at radius 3 is 2.89 bits per heavy atom. The van der Waals surface area contributed by atoms with Crippen LogP contribution in [0, 0.1) is 5.92 Å². The van der Waals surface area contributed by atoms with E-state index in [0.717, 1.165) is 22.6 Å². The largest absolute Gasteiger partial charge is 0.383 e. The molecular weight excluding hydrogens is 382 g/mol. The number of ether oxygens (including phenoxy) is 1.